The van der Waals surface area contributed by atoms with Crippen LogP contribution >= 0.6 is 15.9 Å². The molecule has 0 unspecified atom stereocenters. The zero-order valence-corrected chi connectivity index (χ0v) is 8.26. The maximum Gasteiger partial charge on any atom is 0.573 e. The predicted octanol–water partition coefficient (Wildman–Crippen LogP) is 3.23. The van der Waals surface area contributed by atoms with Crippen LogP contribution in [-0.2, 0) is 0 Å². The van der Waals surface area contributed by atoms with E-state index in [-0.39, 0.29) is 11.3 Å². The molecule has 0 bridgehead atoms. The van der Waals surface area contributed by atoms with Gasteiger partial charge in [-0.05, 0) is 18.2 Å². The third-order valence-electron chi connectivity index (χ3n) is 1.34. The fourth-order valence-corrected chi connectivity index (χ4v) is 1.17. The van der Waals surface area contributed by atoms with Crippen LogP contribution in [0.2, 0.25) is 0 Å². The molecule has 0 aromatic heterocycles. The summed E-state index contributed by atoms with van der Waals surface area (Å²) in [7, 11) is 0. The van der Waals surface area contributed by atoms with Crippen molar-refractivity contribution in [3.8, 4) is 5.75 Å². The summed E-state index contributed by atoms with van der Waals surface area (Å²) in [5.41, 5.74) is 0.215. The van der Waals surface area contributed by atoms with Crippen LogP contribution in [0.15, 0.2) is 22.7 Å². The van der Waals surface area contributed by atoms with Crippen molar-refractivity contribution in [2.75, 3.05) is 0 Å². The van der Waals surface area contributed by atoms with E-state index < -0.39 is 6.36 Å². The van der Waals surface area contributed by atoms with Crippen LogP contribution in [0.1, 0.15) is 5.56 Å². The van der Waals surface area contributed by atoms with Crippen molar-refractivity contribution >= 4 is 15.9 Å². The first-order valence-electron chi connectivity index (χ1n) is 3.45. The first-order valence-corrected chi connectivity index (χ1v) is 4.24. The lowest BCUT2D eigenvalue weighted by atomic mass is 10.2. The molecule has 0 saturated carbocycles. The second kappa shape index (κ2) is 4.18. The minimum absolute atomic E-state index is 0.215. The lowest BCUT2D eigenvalue weighted by Crippen LogP contribution is -2.17. The van der Waals surface area contributed by atoms with E-state index >= 15 is 0 Å². The third-order valence-corrected chi connectivity index (χ3v) is 2.06. The Hall–Kier alpha value is -0.750. The van der Waals surface area contributed by atoms with Gasteiger partial charge in [-0.2, -0.15) is 0 Å². The van der Waals surface area contributed by atoms with Gasteiger partial charge in [-0.1, -0.05) is 15.9 Å². The van der Waals surface area contributed by atoms with Gasteiger partial charge in [-0.25, -0.2) is 0 Å². The highest BCUT2D eigenvalue weighted by Gasteiger charge is 2.31. The van der Waals surface area contributed by atoms with E-state index in [1.807, 2.05) is 0 Å². The van der Waals surface area contributed by atoms with Crippen LogP contribution in [0.3, 0.4) is 0 Å². The zero-order valence-electron chi connectivity index (χ0n) is 6.68. The van der Waals surface area contributed by atoms with E-state index in [2.05, 4.69) is 20.7 Å². The number of ether oxygens (including phenoxy) is 1. The maximum absolute atomic E-state index is 11.8. The molecule has 1 aromatic carbocycles. The van der Waals surface area contributed by atoms with Crippen molar-refractivity contribution < 1.29 is 23.0 Å². The van der Waals surface area contributed by atoms with E-state index in [9.17, 15) is 13.2 Å². The Morgan fingerprint density at radius 2 is 2.00 bits per heavy atom. The Bertz CT molecular complexity index is 325. The number of benzene rings is 1. The van der Waals surface area contributed by atoms with Gasteiger partial charge in [0, 0.05) is 10.0 Å². The highest BCUT2D eigenvalue weighted by molar-refractivity contribution is 9.10. The lowest BCUT2D eigenvalue weighted by Gasteiger charge is -2.09. The van der Waals surface area contributed by atoms with Crippen LogP contribution in [0.25, 0.3) is 0 Å². The number of aliphatic hydroxyl groups excluding tert-OH is 1. The third kappa shape index (κ3) is 3.19. The van der Waals surface area contributed by atoms with Gasteiger partial charge in [0.05, 0.1) is 0 Å². The molecule has 1 rings (SSSR count). The molecule has 1 radical (unpaired) electrons. The van der Waals surface area contributed by atoms with E-state index in [1.54, 1.807) is 0 Å². The predicted molar refractivity (Wildman–Crippen MR) is 46.2 cm³/mol. The quantitative estimate of drug-likeness (QED) is 0.893. The number of halogens is 4. The molecule has 0 heterocycles. The smallest absolute Gasteiger partial charge is 0.406 e. The first kappa shape index (κ1) is 11.3. The summed E-state index contributed by atoms with van der Waals surface area (Å²) in [5, 5.41) is 8.65. The number of alkyl halides is 3. The molecular weight excluding hydrogens is 265 g/mol. The molecule has 0 aliphatic rings. The Balaban J connectivity index is 2.90. The van der Waals surface area contributed by atoms with Crippen LogP contribution in [0.5, 0.6) is 5.75 Å². The van der Waals surface area contributed by atoms with E-state index in [0.717, 1.165) is 12.1 Å². The first-order chi connectivity index (χ1) is 6.42. The Morgan fingerprint density at radius 3 is 2.50 bits per heavy atom. The summed E-state index contributed by atoms with van der Waals surface area (Å²) in [4.78, 5) is 0. The van der Waals surface area contributed by atoms with Crippen LogP contribution < -0.4 is 4.74 Å². The Kier molecular flexibility index (Phi) is 3.38. The molecule has 6 heteroatoms. The van der Waals surface area contributed by atoms with E-state index in [1.165, 1.54) is 6.07 Å². The molecule has 0 spiro atoms. The van der Waals surface area contributed by atoms with Gasteiger partial charge in [0.15, 0.2) is 0 Å². The molecule has 0 amide bonds. The highest BCUT2D eigenvalue weighted by Crippen LogP contribution is 2.27. The SMILES string of the molecule is O[CH]c1cc(OC(F)(F)F)ccc1Br. The largest absolute Gasteiger partial charge is 0.573 e. The molecule has 0 aliphatic heterocycles. The summed E-state index contributed by atoms with van der Waals surface area (Å²) in [6, 6.07) is 3.56. The Labute approximate surface area is 86.4 Å². The number of rotatable bonds is 2. The van der Waals surface area contributed by atoms with Gasteiger partial charge < -0.3 is 9.84 Å². The van der Waals surface area contributed by atoms with Gasteiger partial charge in [0.1, 0.15) is 12.4 Å². The Morgan fingerprint density at radius 1 is 1.36 bits per heavy atom. The van der Waals surface area contributed by atoms with Gasteiger partial charge in [0.25, 0.3) is 0 Å². The number of hydrogen-bond acceptors (Lipinski definition) is 2. The molecule has 0 saturated heterocycles. The van der Waals surface area contributed by atoms with Crippen molar-refractivity contribution in [2.45, 2.75) is 6.36 Å². The maximum atomic E-state index is 11.8. The summed E-state index contributed by atoms with van der Waals surface area (Å²) in [6.45, 7) is 0.688. The summed E-state index contributed by atoms with van der Waals surface area (Å²) >= 11 is 3.04. The molecule has 0 fully saturated rings. The average Bonchev–Trinajstić information content (AvgIpc) is 2.06. The monoisotopic (exact) mass is 269 g/mol. The summed E-state index contributed by atoms with van der Waals surface area (Å²) < 4.78 is 39.4. The van der Waals surface area contributed by atoms with E-state index in [4.69, 9.17) is 5.11 Å². The van der Waals surface area contributed by atoms with Crippen molar-refractivity contribution in [3.63, 3.8) is 0 Å². The van der Waals surface area contributed by atoms with Crippen molar-refractivity contribution in [1.82, 2.24) is 0 Å². The highest BCUT2D eigenvalue weighted by atomic mass is 79.9. The normalized spacial score (nSPS) is 11.5. The topological polar surface area (TPSA) is 29.5 Å². The number of hydrogen-bond donors (Lipinski definition) is 1. The van der Waals surface area contributed by atoms with Gasteiger partial charge in [0.2, 0.25) is 0 Å². The van der Waals surface area contributed by atoms with Gasteiger partial charge >= 0.3 is 6.36 Å². The van der Waals surface area contributed by atoms with Gasteiger partial charge in [-0.15, -0.1) is 13.2 Å². The molecular formula is C8H5BrF3O2. The molecule has 1 N–H and O–H groups in total. The zero-order chi connectivity index (χ0) is 10.8. The fourth-order valence-electron chi connectivity index (χ4n) is 0.818. The van der Waals surface area contributed by atoms with Crippen molar-refractivity contribution in [1.29, 1.82) is 0 Å². The second-order valence-corrected chi connectivity index (χ2v) is 3.21. The van der Waals surface area contributed by atoms with Crippen molar-refractivity contribution in [2.24, 2.45) is 0 Å². The van der Waals surface area contributed by atoms with Crippen LogP contribution in [-0.4, -0.2) is 11.5 Å². The fraction of sp³-hybridized carbons (Fsp3) is 0.125. The molecule has 0 aliphatic carbocycles. The van der Waals surface area contributed by atoms with Gasteiger partial charge in [-0.3, -0.25) is 0 Å². The molecule has 2 nitrogen and oxygen atoms in total. The standard InChI is InChI=1S/C8H5BrF3O2/c9-7-2-1-6(3-5(7)4-13)14-8(10,11)12/h1-4,13H. The minimum Gasteiger partial charge on any atom is -0.406 e. The van der Waals surface area contributed by atoms with Crippen molar-refractivity contribution in [3.05, 3.63) is 34.8 Å². The number of aliphatic hydroxyl groups is 1. The molecule has 1 aromatic rings. The minimum atomic E-state index is -4.72. The average molecular weight is 270 g/mol. The second-order valence-electron chi connectivity index (χ2n) is 2.36. The van der Waals surface area contributed by atoms with Crippen LogP contribution in [0, 0.1) is 6.61 Å². The van der Waals surface area contributed by atoms with E-state index in [0.29, 0.717) is 11.1 Å². The van der Waals surface area contributed by atoms with Crippen LogP contribution in [0.4, 0.5) is 13.2 Å². The summed E-state index contributed by atoms with van der Waals surface area (Å²) in [5.74, 6) is -0.374. The molecule has 77 valence electrons. The lowest BCUT2D eigenvalue weighted by molar-refractivity contribution is -0.274. The molecule has 0 atom stereocenters. The molecule has 14 heavy (non-hydrogen) atoms. The summed E-state index contributed by atoms with van der Waals surface area (Å²) in [6.07, 6.45) is -4.72.